The molecule has 0 bridgehead atoms. The molecule has 9 heteroatoms. The molecule has 0 unspecified atom stereocenters. The summed E-state index contributed by atoms with van der Waals surface area (Å²) < 4.78 is 37.1. The van der Waals surface area contributed by atoms with Crippen molar-refractivity contribution in [3.05, 3.63) is 75.6 Å². The van der Waals surface area contributed by atoms with Gasteiger partial charge in [0.15, 0.2) is 0 Å². The van der Waals surface area contributed by atoms with E-state index in [1.807, 2.05) is 19.1 Å². The predicted molar refractivity (Wildman–Crippen MR) is 114 cm³/mol. The number of hydrogen-bond acceptors (Lipinski definition) is 7. The second-order valence-corrected chi connectivity index (χ2v) is 8.84. The summed E-state index contributed by atoms with van der Waals surface area (Å²) in [5, 5.41) is 0.719. The Balaban J connectivity index is 1.34. The summed E-state index contributed by atoms with van der Waals surface area (Å²) in [6.45, 7) is 2.12. The number of sulfonamides is 1. The molecule has 0 radical (unpaired) electrons. The molecule has 31 heavy (non-hydrogen) atoms. The Morgan fingerprint density at radius 1 is 1.16 bits per heavy atom. The van der Waals surface area contributed by atoms with Crippen LogP contribution in [0.2, 0.25) is 0 Å². The van der Waals surface area contributed by atoms with Crippen LogP contribution in [0.4, 0.5) is 0 Å². The fraction of sp³-hybridized carbons (Fsp3) is 0.227. The molecule has 1 aromatic heterocycles. The number of carbonyl (C=O) groups excluding carboxylic acids is 1. The number of benzene rings is 2. The van der Waals surface area contributed by atoms with E-state index in [1.165, 1.54) is 12.1 Å². The van der Waals surface area contributed by atoms with E-state index in [4.69, 9.17) is 9.15 Å². The lowest BCUT2D eigenvalue weighted by atomic mass is 10.1. The number of rotatable bonds is 6. The summed E-state index contributed by atoms with van der Waals surface area (Å²) in [6, 6.07) is 13.4. The highest BCUT2D eigenvalue weighted by atomic mass is 32.2. The zero-order chi connectivity index (χ0) is 22.0. The van der Waals surface area contributed by atoms with Crippen LogP contribution in [-0.4, -0.2) is 26.8 Å². The van der Waals surface area contributed by atoms with Gasteiger partial charge in [0.1, 0.15) is 18.0 Å². The third kappa shape index (κ3) is 4.51. The SMILES string of the molecule is Cc1ccc2c(COC(=O)CCCN=C3NS(=O)(=O)c4ccccc43)cc(=O)oc2c1. The van der Waals surface area contributed by atoms with Crippen molar-refractivity contribution in [1.82, 2.24) is 4.72 Å². The molecule has 0 atom stereocenters. The zero-order valence-corrected chi connectivity index (χ0v) is 17.6. The van der Waals surface area contributed by atoms with Crippen LogP contribution in [-0.2, 0) is 26.2 Å². The molecule has 0 saturated heterocycles. The molecule has 0 spiro atoms. The minimum atomic E-state index is -3.58. The number of hydrogen-bond donors (Lipinski definition) is 1. The third-order valence-electron chi connectivity index (χ3n) is 4.85. The molecule has 8 nitrogen and oxygen atoms in total. The smallest absolute Gasteiger partial charge is 0.336 e. The maximum atomic E-state index is 12.1. The quantitative estimate of drug-likeness (QED) is 0.358. The van der Waals surface area contributed by atoms with Crippen molar-refractivity contribution in [2.24, 2.45) is 4.99 Å². The Bertz CT molecular complexity index is 1360. The molecule has 1 aliphatic heterocycles. The van der Waals surface area contributed by atoms with Crippen LogP contribution < -0.4 is 10.3 Å². The monoisotopic (exact) mass is 440 g/mol. The lowest BCUT2D eigenvalue weighted by Gasteiger charge is -2.07. The van der Waals surface area contributed by atoms with Gasteiger partial charge in [0, 0.05) is 35.5 Å². The second kappa shape index (κ2) is 8.35. The fourth-order valence-corrected chi connectivity index (χ4v) is 4.60. The molecule has 160 valence electrons. The number of esters is 1. The van der Waals surface area contributed by atoms with E-state index in [1.54, 1.807) is 24.3 Å². The minimum Gasteiger partial charge on any atom is -0.461 e. The van der Waals surface area contributed by atoms with E-state index in [0.717, 1.165) is 10.9 Å². The molecular formula is C22H20N2O6S. The molecule has 2 aromatic carbocycles. The molecule has 1 N–H and O–H groups in total. The van der Waals surface area contributed by atoms with Crippen LogP contribution in [0.25, 0.3) is 11.0 Å². The Morgan fingerprint density at radius 2 is 1.97 bits per heavy atom. The van der Waals surface area contributed by atoms with Gasteiger partial charge in [-0.25, -0.2) is 13.2 Å². The average molecular weight is 440 g/mol. The first kappa shape index (κ1) is 20.8. The third-order valence-corrected chi connectivity index (χ3v) is 6.24. The van der Waals surface area contributed by atoms with Crippen LogP contribution in [0.1, 0.15) is 29.5 Å². The van der Waals surface area contributed by atoms with Crippen molar-refractivity contribution in [3.8, 4) is 0 Å². The first-order valence-corrected chi connectivity index (χ1v) is 11.2. The maximum Gasteiger partial charge on any atom is 0.336 e. The van der Waals surface area contributed by atoms with E-state index in [9.17, 15) is 18.0 Å². The van der Waals surface area contributed by atoms with Gasteiger partial charge < -0.3 is 9.15 Å². The number of nitrogens with zero attached hydrogens (tertiary/aromatic N) is 1. The number of carbonyl (C=O) groups is 1. The molecule has 0 saturated carbocycles. The summed E-state index contributed by atoms with van der Waals surface area (Å²) >= 11 is 0. The number of ether oxygens (including phenoxy) is 1. The van der Waals surface area contributed by atoms with Crippen molar-refractivity contribution < 1.29 is 22.4 Å². The summed E-state index contributed by atoms with van der Waals surface area (Å²) in [5.41, 5.74) is 2.01. The van der Waals surface area contributed by atoms with Gasteiger partial charge >= 0.3 is 11.6 Å². The molecule has 1 aliphatic rings. The number of aryl methyl sites for hydroxylation is 1. The number of amidine groups is 1. The lowest BCUT2D eigenvalue weighted by Crippen LogP contribution is -2.22. The molecule has 3 aromatic rings. The van der Waals surface area contributed by atoms with E-state index < -0.39 is 21.6 Å². The molecule has 0 aliphatic carbocycles. The van der Waals surface area contributed by atoms with Crippen LogP contribution in [0, 0.1) is 6.92 Å². The summed E-state index contributed by atoms with van der Waals surface area (Å²) in [7, 11) is -3.58. The highest BCUT2D eigenvalue weighted by Crippen LogP contribution is 2.22. The normalized spacial score (nSPS) is 15.6. The van der Waals surface area contributed by atoms with Crippen LogP contribution in [0.5, 0.6) is 0 Å². The van der Waals surface area contributed by atoms with Gasteiger partial charge in [-0.05, 0) is 37.1 Å². The Morgan fingerprint density at radius 3 is 2.81 bits per heavy atom. The van der Waals surface area contributed by atoms with E-state index in [-0.39, 0.29) is 30.3 Å². The van der Waals surface area contributed by atoms with Gasteiger partial charge in [0.2, 0.25) is 0 Å². The van der Waals surface area contributed by atoms with Gasteiger partial charge in [0.05, 0.1) is 4.90 Å². The second-order valence-electron chi connectivity index (χ2n) is 7.19. The maximum absolute atomic E-state index is 12.1. The van der Waals surface area contributed by atoms with Crippen LogP contribution in [0.15, 0.2) is 67.6 Å². The molecule has 0 fully saturated rings. The zero-order valence-electron chi connectivity index (χ0n) is 16.8. The van der Waals surface area contributed by atoms with Crippen molar-refractivity contribution in [2.75, 3.05) is 6.54 Å². The predicted octanol–water partition coefficient (Wildman–Crippen LogP) is 2.66. The first-order valence-electron chi connectivity index (χ1n) is 9.69. The minimum absolute atomic E-state index is 0.0360. The van der Waals surface area contributed by atoms with Crippen LogP contribution >= 0.6 is 0 Å². The van der Waals surface area contributed by atoms with Crippen molar-refractivity contribution in [1.29, 1.82) is 0 Å². The van der Waals surface area contributed by atoms with Crippen molar-refractivity contribution in [2.45, 2.75) is 31.3 Å². The summed E-state index contributed by atoms with van der Waals surface area (Å²) in [5.74, 6) is -0.150. The van der Waals surface area contributed by atoms with Gasteiger partial charge in [0.25, 0.3) is 10.0 Å². The first-order chi connectivity index (χ1) is 14.8. The number of fused-ring (bicyclic) bond motifs is 2. The van der Waals surface area contributed by atoms with E-state index in [2.05, 4.69) is 9.71 Å². The van der Waals surface area contributed by atoms with Crippen molar-refractivity contribution >= 4 is 32.8 Å². The summed E-state index contributed by atoms with van der Waals surface area (Å²) in [6.07, 6.45) is 0.507. The molecular weight excluding hydrogens is 420 g/mol. The lowest BCUT2D eigenvalue weighted by molar-refractivity contribution is -0.145. The largest absolute Gasteiger partial charge is 0.461 e. The highest BCUT2D eigenvalue weighted by molar-refractivity contribution is 7.90. The van der Waals surface area contributed by atoms with Gasteiger partial charge in [-0.15, -0.1) is 0 Å². The number of aliphatic imine (C=N–C) groups is 1. The van der Waals surface area contributed by atoms with Gasteiger partial charge in [-0.3, -0.25) is 14.5 Å². The van der Waals surface area contributed by atoms with Crippen LogP contribution in [0.3, 0.4) is 0 Å². The fourth-order valence-electron chi connectivity index (χ4n) is 3.35. The van der Waals surface area contributed by atoms with Gasteiger partial charge in [-0.1, -0.05) is 24.3 Å². The van der Waals surface area contributed by atoms with E-state index in [0.29, 0.717) is 23.1 Å². The van der Waals surface area contributed by atoms with E-state index >= 15 is 0 Å². The standard InChI is InChI=1S/C22H20N2O6S/c1-14-8-9-16-15(12-21(26)30-18(16)11-14)13-29-20(25)7-4-10-23-22-17-5-2-3-6-19(17)31(27,28)24-22/h2-3,5-6,8-9,11-12H,4,7,10,13H2,1H3,(H,23,24). The molecule has 4 rings (SSSR count). The Hall–Kier alpha value is -3.46. The summed E-state index contributed by atoms with van der Waals surface area (Å²) in [4.78, 5) is 28.3. The average Bonchev–Trinajstić information content (AvgIpc) is 2.99. The Labute approximate surface area is 178 Å². The topological polar surface area (TPSA) is 115 Å². The van der Waals surface area contributed by atoms with Crippen molar-refractivity contribution in [3.63, 3.8) is 0 Å². The number of nitrogens with one attached hydrogen (secondary N) is 1. The Kier molecular flexibility index (Phi) is 5.60. The highest BCUT2D eigenvalue weighted by Gasteiger charge is 2.29. The molecule has 2 heterocycles. The molecule has 0 amide bonds. The van der Waals surface area contributed by atoms with Gasteiger partial charge in [-0.2, -0.15) is 0 Å².